The predicted octanol–water partition coefficient (Wildman–Crippen LogP) is 0.621. The Hall–Kier alpha value is -2.43. The van der Waals surface area contributed by atoms with Gasteiger partial charge in [-0.2, -0.15) is 0 Å². The highest BCUT2D eigenvalue weighted by molar-refractivity contribution is 7.92. The summed E-state index contributed by atoms with van der Waals surface area (Å²) in [5.41, 5.74) is 0.496. The van der Waals surface area contributed by atoms with Crippen molar-refractivity contribution < 1.29 is 13.5 Å². The van der Waals surface area contributed by atoms with Crippen LogP contribution in [0.2, 0.25) is 0 Å². The third-order valence-corrected chi connectivity index (χ3v) is 3.57. The Morgan fingerprint density at radius 1 is 1.20 bits per heavy atom. The van der Waals surface area contributed by atoms with Crippen molar-refractivity contribution in [2.75, 3.05) is 11.3 Å². The maximum Gasteiger partial charge on any atom is 0.264 e. The zero-order chi connectivity index (χ0) is 14.4. The van der Waals surface area contributed by atoms with E-state index < -0.39 is 10.0 Å². The van der Waals surface area contributed by atoms with E-state index in [0.717, 1.165) is 0 Å². The summed E-state index contributed by atoms with van der Waals surface area (Å²) in [5.74, 6) is 5.11. The number of hydrogen-bond donors (Lipinski definition) is 2. The summed E-state index contributed by atoms with van der Waals surface area (Å²) < 4.78 is 26.5. The smallest absolute Gasteiger partial charge is 0.264 e. The van der Waals surface area contributed by atoms with Gasteiger partial charge >= 0.3 is 0 Å². The fourth-order valence-corrected chi connectivity index (χ4v) is 2.42. The first-order valence-corrected chi connectivity index (χ1v) is 7.10. The Morgan fingerprint density at radius 3 is 2.65 bits per heavy atom. The van der Waals surface area contributed by atoms with Gasteiger partial charge in [0.2, 0.25) is 5.95 Å². The maximum atomic E-state index is 12.1. The number of benzene rings is 1. The monoisotopic (exact) mass is 289 g/mol. The van der Waals surface area contributed by atoms with Crippen molar-refractivity contribution >= 4 is 16.0 Å². The molecule has 0 spiro atoms. The average molecular weight is 289 g/mol. The first-order valence-electron chi connectivity index (χ1n) is 5.61. The second kappa shape index (κ2) is 6.14. The van der Waals surface area contributed by atoms with Crippen LogP contribution < -0.4 is 4.72 Å². The van der Waals surface area contributed by atoms with E-state index >= 15 is 0 Å². The summed E-state index contributed by atoms with van der Waals surface area (Å²) in [4.78, 5) is 7.65. The molecule has 7 heteroatoms. The molecule has 0 amide bonds. The standard InChI is InChI=1S/C13H11N3O3S/c17-9-2-5-11-4-1-6-12(10-11)20(18,19)16-13-14-7-3-8-15-13/h1,3-4,6-8,10,17H,9H2,(H,14,15,16). The van der Waals surface area contributed by atoms with E-state index in [1.54, 1.807) is 18.2 Å². The molecule has 0 fully saturated rings. The molecule has 102 valence electrons. The first-order chi connectivity index (χ1) is 9.62. The van der Waals surface area contributed by atoms with Crippen LogP contribution in [0.5, 0.6) is 0 Å². The van der Waals surface area contributed by atoms with Crippen molar-refractivity contribution in [2.45, 2.75) is 4.90 Å². The number of anilines is 1. The van der Waals surface area contributed by atoms with Crippen LogP contribution in [0.4, 0.5) is 5.95 Å². The van der Waals surface area contributed by atoms with Gasteiger partial charge in [-0.05, 0) is 24.3 Å². The molecule has 2 aromatic rings. The van der Waals surface area contributed by atoms with E-state index in [4.69, 9.17) is 5.11 Å². The van der Waals surface area contributed by atoms with Gasteiger partial charge in [0.25, 0.3) is 10.0 Å². The summed E-state index contributed by atoms with van der Waals surface area (Å²) in [7, 11) is -3.77. The number of rotatable bonds is 3. The van der Waals surface area contributed by atoms with Crippen LogP contribution in [-0.2, 0) is 10.0 Å². The molecule has 0 saturated heterocycles. The zero-order valence-corrected chi connectivity index (χ0v) is 11.1. The van der Waals surface area contributed by atoms with Crippen LogP contribution in [0.3, 0.4) is 0 Å². The quantitative estimate of drug-likeness (QED) is 0.808. The summed E-state index contributed by atoms with van der Waals surface area (Å²) in [6.45, 7) is -0.285. The summed E-state index contributed by atoms with van der Waals surface area (Å²) in [5, 5.41) is 8.63. The number of aliphatic hydroxyl groups excluding tert-OH is 1. The lowest BCUT2D eigenvalue weighted by Crippen LogP contribution is -2.14. The van der Waals surface area contributed by atoms with Gasteiger partial charge in [0.15, 0.2) is 0 Å². The largest absolute Gasteiger partial charge is 0.384 e. The number of nitrogens with one attached hydrogen (secondary N) is 1. The Labute approximate surface area is 116 Å². The van der Waals surface area contributed by atoms with E-state index in [0.29, 0.717) is 5.56 Å². The maximum absolute atomic E-state index is 12.1. The molecule has 2 rings (SSSR count). The predicted molar refractivity (Wildman–Crippen MR) is 73.2 cm³/mol. The van der Waals surface area contributed by atoms with Crippen molar-refractivity contribution in [3.8, 4) is 11.8 Å². The number of aromatic nitrogens is 2. The zero-order valence-electron chi connectivity index (χ0n) is 10.3. The minimum atomic E-state index is -3.77. The van der Waals surface area contributed by atoms with Crippen LogP contribution in [0.1, 0.15) is 5.56 Å². The van der Waals surface area contributed by atoms with Gasteiger partial charge in [0.1, 0.15) is 6.61 Å². The lowest BCUT2D eigenvalue weighted by atomic mass is 10.2. The van der Waals surface area contributed by atoms with Crippen molar-refractivity contribution in [2.24, 2.45) is 0 Å². The van der Waals surface area contributed by atoms with Gasteiger partial charge in [0.05, 0.1) is 4.90 Å². The topological polar surface area (TPSA) is 92.2 Å². The lowest BCUT2D eigenvalue weighted by molar-refractivity contribution is 0.350. The molecule has 0 bridgehead atoms. The summed E-state index contributed by atoms with van der Waals surface area (Å²) in [6, 6.07) is 7.66. The third kappa shape index (κ3) is 3.54. The molecule has 0 aliphatic rings. The molecular weight excluding hydrogens is 278 g/mol. The van der Waals surface area contributed by atoms with Crippen LogP contribution in [0.25, 0.3) is 0 Å². The van der Waals surface area contributed by atoms with Gasteiger partial charge in [0, 0.05) is 18.0 Å². The van der Waals surface area contributed by atoms with Crippen LogP contribution >= 0.6 is 0 Å². The molecule has 0 radical (unpaired) electrons. The second-order valence-corrected chi connectivity index (χ2v) is 5.35. The second-order valence-electron chi connectivity index (χ2n) is 3.67. The average Bonchev–Trinajstić information content (AvgIpc) is 2.46. The van der Waals surface area contributed by atoms with Gasteiger partial charge in [-0.1, -0.05) is 17.9 Å². The highest BCUT2D eigenvalue weighted by Crippen LogP contribution is 2.14. The molecule has 0 aliphatic heterocycles. The number of sulfonamides is 1. The molecule has 1 aromatic carbocycles. The Balaban J connectivity index is 2.30. The molecule has 0 unspecified atom stereocenters. The Morgan fingerprint density at radius 2 is 1.95 bits per heavy atom. The van der Waals surface area contributed by atoms with E-state index in [1.807, 2.05) is 0 Å². The molecule has 2 N–H and O–H groups in total. The Bertz CT molecular complexity index is 749. The number of nitrogens with zero attached hydrogens (tertiary/aromatic N) is 2. The highest BCUT2D eigenvalue weighted by atomic mass is 32.2. The highest BCUT2D eigenvalue weighted by Gasteiger charge is 2.15. The Kier molecular flexibility index (Phi) is 4.30. The van der Waals surface area contributed by atoms with Crippen LogP contribution in [-0.4, -0.2) is 30.1 Å². The molecular formula is C13H11N3O3S. The molecule has 0 saturated carbocycles. The van der Waals surface area contributed by atoms with Gasteiger partial charge < -0.3 is 5.11 Å². The van der Waals surface area contributed by atoms with Crippen molar-refractivity contribution in [3.05, 3.63) is 48.3 Å². The van der Waals surface area contributed by atoms with Crippen molar-refractivity contribution in [3.63, 3.8) is 0 Å². The van der Waals surface area contributed by atoms with Crippen LogP contribution in [0.15, 0.2) is 47.6 Å². The minimum Gasteiger partial charge on any atom is -0.384 e. The molecule has 0 atom stereocenters. The third-order valence-electron chi connectivity index (χ3n) is 2.25. The van der Waals surface area contributed by atoms with E-state index in [1.165, 1.54) is 24.5 Å². The summed E-state index contributed by atoms with van der Waals surface area (Å²) in [6.07, 6.45) is 2.88. The van der Waals surface area contributed by atoms with E-state index in [2.05, 4.69) is 26.5 Å². The van der Waals surface area contributed by atoms with Gasteiger partial charge in [-0.15, -0.1) is 0 Å². The molecule has 20 heavy (non-hydrogen) atoms. The molecule has 0 aliphatic carbocycles. The van der Waals surface area contributed by atoms with E-state index in [-0.39, 0.29) is 17.5 Å². The van der Waals surface area contributed by atoms with E-state index in [9.17, 15) is 8.42 Å². The molecule has 6 nitrogen and oxygen atoms in total. The van der Waals surface area contributed by atoms with Gasteiger partial charge in [-0.3, -0.25) is 0 Å². The van der Waals surface area contributed by atoms with Gasteiger partial charge in [-0.25, -0.2) is 23.1 Å². The van der Waals surface area contributed by atoms with Crippen molar-refractivity contribution in [1.82, 2.24) is 9.97 Å². The summed E-state index contributed by atoms with van der Waals surface area (Å²) >= 11 is 0. The first kappa shape index (κ1) is 14.0. The fourth-order valence-electron chi connectivity index (χ4n) is 1.41. The lowest BCUT2D eigenvalue weighted by Gasteiger charge is -2.06. The molecule has 1 heterocycles. The number of aliphatic hydroxyl groups is 1. The molecule has 1 aromatic heterocycles. The SMILES string of the molecule is O=S(=O)(Nc1ncccn1)c1cccc(C#CCO)c1. The number of hydrogen-bond acceptors (Lipinski definition) is 5. The normalized spacial score (nSPS) is 10.4. The van der Waals surface area contributed by atoms with Crippen LogP contribution in [0, 0.1) is 11.8 Å². The fraction of sp³-hybridized carbons (Fsp3) is 0.0769. The minimum absolute atomic E-state index is 0.000606. The van der Waals surface area contributed by atoms with Crippen molar-refractivity contribution in [1.29, 1.82) is 0 Å².